The number of H-pyrrole nitrogens is 1. The minimum absolute atomic E-state index is 0.0580. The summed E-state index contributed by atoms with van der Waals surface area (Å²) < 4.78 is 6.11. The minimum atomic E-state index is -0.864. The molecule has 0 saturated heterocycles. The van der Waals surface area contributed by atoms with E-state index in [1.165, 1.54) is 18.1 Å². The molecular weight excluding hydrogens is 649 g/mol. The maximum atomic E-state index is 13.3. The van der Waals surface area contributed by atoms with Crippen LogP contribution in [0.3, 0.4) is 0 Å². The average molecular weight is 679 g/mol. The van der Waals surface area contributed by atoms with Gasteiger partial charge in [-0.05, 0) is 59.7 Å². The fourth-order valence-corrected chi connectivity index (χ4v) is 4.99. The number of aryl methyl sites for hydroxylation is 2. The van der Waals surface area contributed by atoms with Gasteiger partial charge in [0.2, 0.25) is 11.8 Å². The van der Waals surface area contributed by atoms with Crippen LogP contribution in [-0.4, -0.2) is 65.2 Å². The van der Waals surface area contributed by atoms with Crippen molar-refractivity contribution in [3.8, 4) is 16.9 Å². The molecular formula is C30H29Cl2N11O4. The van der Waals surface area contributed by atoms with Crippen LogP contribution in [0.2, 0.25) is 10.2 Å². The third kappa shape index (κ3) is 8.86. The van der Waals surface area contributed by atoms with Gasteiger partial charge >= 0.3 is 6.09 Å². The number of anilines is 1. The lowest BCUT2D eigenvalue weighted by Gasteiger charge is -2.17. The lowest BCUT2D eigenvalue weighted by atomic mass is 10.1. The van der Waals surface area contributed by atoms with Gasteiger partial charge in [-0.1, -0.05) is 35.3 Å². The Bertz CT molecular complexity index is 1850. The summed E-state index contributed by atoms with van der Waals surface area (Å²) >= 11 is 12.8. The molecule has 0 radical (unpaired) electrons. The van der Waals surface area contributed by atoms with Gasteiger partial charge in [0.1, 0.15) is 23.0 Å². The average Bonchev–Trinajstić information content (AvgIpc) is 3.74. The van der Waals surface area contributed by atoms with Crippen LogP contribution in [-0.2, 0) is 27.3 Å². The van der Waals surface area contributed by atoms with Gasteiger partial charge in [-0.15, -0.1) is 5.10 Å². The highest BCUT2D eigenvalue weighted by Gasteiger charge is 2.24. The van der Waals surface area contributed by atoms with Crippen molar-refractivity contribution in [1.29, 1.82) is 0 Å². The zero-order chi connectivity index (χ0) is 33.3. The molecule has 17 heteroatoms. The molecule has 5 rings (SSSR count). The highest BCUT2D eigenvalue weighted by Crippen LogP contribution is 2.29. The van der Waals surface area contributed by atoms with Crippen molar-refractivity contribution < 1.29 is 19.1 Å². The Labute approximate surface area is 278 Å². The van der Waals surface area contributed by atoms with Crippen molar-refractivity contribution in [3.05, 3.63) is 94.1 Å². The Morgan fingerprint density at radius 3 is 2.55 bits per heavy atom. The lowest BCUT2D eigenvalue weighted by molar-refractivity contribution is -0.123. The summed E-state index contributed by atoms with van der Waals surface area (Å²) in [6.07, 6.45) is 4.25. The van der Waals surface area contributed by atoms with Gasteiger partial charge in [-0.2, -0.15) is 0 Å². The second-order valence-corrected chi connectivity index (χ2v) is 11.1. The summed E-state index contributed by atoms with van der Waals surface area (Å²) in [5.41, 5.74) is 4.31. The molecule has 3 heterocycles. The summed E-state index contributed by atoms with van der Waals surface area (Å²) in [6, 6.07) is 11.1. The number of carbonyl (C=O) groups is 3. The molecule has 5 aromatic rings. The SMILES string of the molecule is COC(=O)Nc1ccc(-c2nc(C(CC(=O)NCc3cnc(C)cn3)NC(=O)CCc3cc(Cl)ccc3-n3cnnn3)[nH]c2Cl)cc1. The molecule has 0 aliphatic carbocycles. The first-order valence-electron chi connectivity index (χ1n) is 14.2. The minimum Gasteiger partial charge on any atom is -0.453 e. The topological polar surface area (TPSA) is 195 Å². The van der Waals surface area contributed by atoms with Crippen LogP contribution in [0.4, 0.5) is 10.5 Å². The number of aromatic amines is 1. The number of methoxy groups -OCH3 is 1. The fourth-order valence-electron chi connectivity index (χ4n) is 4.54. The lowest BCUT2D eigenvalue weighted by Crippen LogP contribution is -2.34. The molecule has 4 N–H and O–H groups in total. The Morgan fingerprint density at radius 1 is 1.04 bits per heavy atom. The van der Waals surface area contributed by atoms with Crippen molar-refractivity contribution >= 4 is 46.8 Å². The van der Waals surface area contributed by atoms with Gasteiger partial charge in [0, 0.05) is 28.9 Å². The predicted octanol–water partition coefficient (Wildman–Crippen LogP) is 4.13. The number of halogens is 2. The van der Waals surface area contributed by atoms with E-state index >= 15 is 0 Å². The largest absolute Gasteiger partial charge is 0.453 e. The van der Waals surface area contributed by atoms with Crippen LogP contribution in [0, 0.1) is 6.92 Å². The highest BCUT2D eigenvalue weighted by atomic mass is 35.5. The van der Waals surface area contributed by atoms with E-state index in [0.717, 1.165) is 11.3 Å². The molecule has 3 amide bonds. The molecule has 0 spiro atoms. The van der Waals surface area contributed by atoms with E-state index in [-0.39, 0.29) is 42.2 Å². The summed E-state index contributed by atoms with van der Waals surface area (Å²) in [5, 5.41) is 20.3. The number of tetrazole rings is 1. The maximum absolute atomic E-state index is 13.3. The van der Waals surface area contributed by atoms with Gasteiger partial charge < -0.3 is 20.4 Å². The number of aromatic nitrogens is 8. The molecule has 3 aromatic heterocycles. The standard InChI is InChI=1S/C30H29Cl2N11O4/c1-17-13-34-22(14-33-17)15-35-26(45)12-23(29-39-27(28(32)40-29)18-3-7-21(8-4-18)37-30(46)47-2)38-25(44)10-5-19-11-20(31)6-9-24(19)43-16-36-41-42-43/h3-4,6-9,11,13-14,16,23H,5,10,12,15H2,1-2H3,(H,35,45)(H,37,46)(H,38,44)(H,39,40). The smallest absolute Gasteiger partial charge is 0.411 e. The molecule has 47 heavy (non-hydrogen) atoms. The number of carbonyl (C=O) groups excluding carboxylic acids is 3. The molecule has 2 aromatic carbocycles. The monoisotopic (exact) mass is 677 g/mol. The van der Waals surface area contributed by atoms with E-state index < -0.39 is 12.1 Å². The molecule has 0 aliphatic heterocycles. The summed E-state index contributed by atoms with van der Waals surface area (Å²) in [4.78, 5) is 54.0. The van der Waals surface area contributed by atoms with Crippen LogP contribution in [0.1, 0.15) is 41.7 Å². The van der Waals surface area contributed by atoms with Crippen LogP contribution in [0.25, 0.3) is 16.9 Å². The predicted molar refractivity (Wildman–Crippen MR) is 172 cm³/mol. The van der Waals surface area contributed by atoms with Crippen molar-refractivity contribution in [1.82, 2.24) is 50.8 Å². The summed E-state index contributed by atoms with van der Waals surface area (Å²) in [5.74, 6) is -0.430. The third-order valence-electron chi connectivity index (χ3n) is 6.88. The number of imidazole rings is 1. The molecule has 0 saturated carbocycles. The third-order valence-corrected chi connectivity index (χ3v) is 7.39. The summed E-state index contributed by atoms with van der Waals surface area (Å²) in [7, 11) is 1.27. The Hall–Kier alpha value is -5.41. The Kier molecular flexibility index (Phi) is 10.7. The van der Waals surface area contributed by atoms with Crippen molar-refractivity contribution in [2.24, 2.45) is 0 Å². The molecule has 242 valence electrons. The number of nitrogens with one attached hydrogen (secondary N) is 4. The maximum Gasteiger partial charge on any atom is 0.411 e. The van der Waals surface area contributed by atoms with Crippen molar-refractivity contribution in [2.45, 2.75) is 38.8 Å². The second-order valence-electron chi connectivity index (χ2n) is 10.3. The van der Waals surface area contributed by atoms with Crippen molar-refractivity contribution in [2.75, 3.05) is 12.4 Å². The van der Waals surface area contributed by atoms with Gasteiger partial charge in [0.25, 0.3) is 0 Å². The zero-order valence-electron chi connectivity index (χ0n) is 25.2. The number of benzene rings is 2. The number of amides is 3. The number of hydrogen-bond donors (Lipinski definition) is 4. The van der Waals surface area contributed by atoms with Crippen LogP contribution in [0.5, 0.6) is 0 Å². The molecule has 1 atom stereocenters. The number of nitrogens with zero attached hydrogens (tertiary/aromatic N) is 7. The number of ether oxygens (including phenoxy) is 1. The van der Waals surface area contributed by atoms with Gasteiger partial charge in [0.15, 0.2) is 0 Å². The van der Waals surface area contributed by atoms with E-state index in [1.807, 2.05) is 6.92 Å². The van der Waals surface area contributed by atoms with E-state index in [0.29, 0.717) is 39.8 Å². The molecule has 1 unspecified atom stereocenters. The highest BCUT2D eigenvalue weighted by molar-refractivity contribution is 6.32. The van der Waals surface area contributed by atoms with Gasteiger partial charge in [0.05, 0.1) is 49.4 Å². The first kappa shape index (κ1) is 33.0. The van der Waals surface area contributed by atoms with E-state index in [1.54, 1.807) is 54.9 Å². The van der Waals surface area contributed by atoms with Crippen LogP contribution >= 0.6 is 23.2 Å². The fraction of sp³-hybridized carbons (Fsp3) is 0.233. The Morgan fingerprint density at radius 2 is 1.85 bits per heavy atom. The molecule has 15 nitrogen and oxygen atoms in total. The number of hydrogen-bond acceptors (Lipinski definition) is 10. The number of rotatable bonds is 12. The van der Waals surface area contributed by atoms with E-state index in [4.69, 9.17) is 23.2 Å². The molecule has 0 fully saturated rings. The van der Waals surface area contributed by atoms with E-state index in [2.05, 4.69) is 56.1 Å². The second kappa shape index (κ2) is 15.2. The van der Waals surface area contributed by atoms with Crippen LogP contribution < -0.4 is 16.0 Å². The van der Waals surface area contributed by atoms with Crippen molar-refractivity contribution in [3.63, 3.8) is 0 Å². The first-order valence-corrected chi connectivity index (χ1v) is 15.0. The molecule has 0 aliphatic rings. The first-order chi connectivity index (χ1) is 22.7. The zero-order valence-corrected chi connectivity index (χ0v) is 26.7. The van der Waals surface area contributed by atoms with Crippen LogP contribution in [0.15, 0.2) is 61.2 Å². The summed E-state index contributed by atoms with van der Waals surface area (Å²) in [6.45, 7) is 1.97. The van der Waals surface area contributed by atoms with E-state index in [9.17, 15) is 14.4 Å². The molecule has 0 bridgehead atoms. The van der Waals surface area contributed by atoms with Gasteiger partial charge in [-0.3, -0.25) is 24.9 Å². The normalized spacial score (nSPS) is 11.5. The van der Waals surface area contributed by atoms with Gasteiger partial charge in [-0.25, -0.2) is 14.5 Å². The quantitative estimate of drug-likeness (QED) is 0.149. The Balaban J connectivity index is 1.33.